The van der Waals surface area contributed by atoms with E-state index in [1.165, 1.54) is 25.7 Å². The molecule has 25 heavy (non-hydrogen) atoms. The zero-order chi connectivity index (χ0) is 17.8. The largest absolute Gasteiger partial charge is 0.479 e. The molecule has 8 heteroatoms. The van der Waals surface area contributed by atoms with Crippen LogP contribution in [0.2, 0.25) is 0 Å². The van der Waals surface area contributed by atoms with Crippen molar-refractivity contribution in [1.82, 2.24) is 14.9 Å². The van der Waals surface area contributed by atoms with Gasteiger partial charge in [0, 0.05) is 19.0 Å². The Hall–Kier alpha value is -2.77. The first kappa shape index (κ1) is 17.1. The molecule has 2 amide bonds. The predicted octanol–water partition coefficient (Wildman–Crippen LogP) is 3.17. The van der Waals surface area contributed by atoms with Crippen LogP contribution in [-0.4, -0.2) is 41.1 Å². The van der Waals surface area contributed by atoms with Gasteiger partial charge in [0.2, 0.25) is 5.88 Å². The first-order valence-electron chi connectivity index (χ1n) is 7.93. The van der Waals surface area contributed by atoms with Crippen LogP contribution in [0.3, 0.4) is 0 Å². The quantitative estimate of drug-likeness (QED) is 0.925. The van der Waals surface area contributed by atoms with Crippen LogP contribution in [0.4, 0.5) is 19.3 Å². The molecule has 1 aliphatic rings. The highest BCUT2D eigenvalue weighted by Gasteiger charge is 2.27. The number of nitrogens with one attached hydrogen (secondary N) is 1. The minimum absolute atomic E-state index is 0.246. The summed E-state index contributed by atoms with van der Waals surface area (Å²) in [4.78, 5) is 21.9. The Kier molecular flexibility index (Phi) is 5.06. The average Bonchev–Trinajstić information content (AvgIpc) is 2.64. The first-order valence-corrected chi connectivity index (χ1v) is 7.93. The third-order valence-electron chi connectivity index (χ3n) is 4.22. The summed E-state index contributed by atoms with van der Waals surface area (Å²) in [5, 5.41) is 2.70. The molecule has 6 nitrogen and oxygen atoms in total. The number of urea groups is 1. The summed E-state index contributed by atoms with van der Waals surface area (Å²) in [6.07, 6.45) is 4.16. The Bertz CT molecular complexity index is 772. The summed E-state index contributed by atoms with van der Waals surface area (Å²) in [5.74, 6) is -0.923. The zero-order valence-electron chi connectivity index (χ0n) is 13.7. The molecule has 2 aromatic rings. The fraction of sp³-hybridized carbons (Fsp3) is 0.353. The number of hydrogen-bond acceptors (Lipinski definition) is 4. The van der Waals surface area contributed by atoms with Crippen LogP contribution in [-0.2, 0) is 0 Å². The Labute approximate surface area is 143 Å². The summed E-state index contributed by atoms with van der Waals surface area (Å²) < 4.78 is 32.5. The molecule has 1 aliphatic heterocycles. The van der Waals surface area contributed by atoms with Gasteiger partial charge in [-0.3, -0.25) is 0 Å². The molecule has 1 aromatic carbocycles. The molecule has 1 saturated heterocycles. The van der Waals surface area contributed by atoms with Crippen LogP contribution < -0.4 is 10.1 Å². The van der Waals surface area contributed by atoms with E-state index in [2.05, 4.69) is 15.3 Å². The fourth-order valence-electron chi connectivity index (χ4n) is 3.00. The number of amides is 2. The van der Waals surface area contributed by atoms with Crippen molar-refractivity contribution in [3.8, 4) is 5.88 Å². The van der Waals surface area contributed by atoms with Crippen LogP contribution in [0, 0.1) is 11.6 Å². The maximum Gasteiger partial charge on any atom is 0.322 e. The molecule has 132 valence electrons. The van der Waals surface area contributed by atoms with Crippen LogP contribution in [0.25, 0.3) is 0 Å². The lowest BCUT2D eigenvalue weighted by Gasteiger charge is -2.33. The number of carbonyl (C=O) groups excluding carboxylic acids is 1. The Morgan fingerprint density at radius 1 is 1.40 bits per heavy atom. The van der Waals surface area contributed by atoms with E-state index in [1.807, 2.05) is 0 Å². The number of piperidine rings is 1. The van der Waals surface area contributed by atoms with Gasteiger partial charge in [0.1, 0.15) is 23.6 Å². The van der Waals surface area contributed by atoms with E-state index in [4.69, 9.17) is 4.74 Å². The Balaban J connectivity index is 1.72. The van der Waals surface area contributed by atoms with Gasteiger partial charge in [-0.2, -0.15) is 4.98 Å². The summed E-state index contributed by atoms with van der Waals surface area (Å²) in [6.45, 7) is 0.845. The number of nitrogens with zero attached hydrogens (tertiary/aromatic N) is 3. The number of aromatic nitrogens is 2. The molecular formula is C17H18F2N4O2. The second kappa shape index (κ2) is 7.42. The van der Waals surface area contributed by atoms with Crippen molar-refractivity contribution in [3.63, 3.8) is 0 Å². The minimum atomic E-state index is -0.482. The molecule has 0 radical (unpaired) electrons. The van der Waals surface area contributed by atoms with Gasteiger partial charge in [-0.1, -0.05) is 0 Å². The van der Waals surface area contributed by atoms with Crippen molar-refractivity contribution in [2.45, 2.75) is 18.8 Å². The standard InChI is InChI=1S/C17H18F2N4O2/c1-25-16-15(8-20-10-21-16)22-17(24)23-6-2-3-11(9-23)13-7-12(18)4-5-14(13)19/h4-5,7-8,10-11H,2-3,6,9H2,1H3,(H,22,24)/t11-/m0/s1. The molecule has 0 saturated carbocycles. The smallest absolute Gasteiger partial charge is 0.322 e. The lowest BCUT2D eigenvalue weighted by molar-refractivity contribution is 0.192. The molecule has 1 fully saturated rings. The van der Waals surface area contributed by atoms with Gasteiger partial charge in [-0.15, -0.1) is 0 Å². The van der Waals surface area contributed by atoms with Crippen LogP contribution in [0.5, 0.6) is 5.88 Å². The lowest BCUT2D eigenvalue weighted by Crippen LogP contribution is -2.41. The van der Waals surface area contributed by atoms with E-state index in [0.29, 0.717) is 37.2 Å². The summed E-state index contributed by atoms with van der Waals surface area (Å²) in [5.41, 5.74) is 0.659. The van der Waals surface area contributed by atoms with Crippen LogP contribution >= 0.6 is 0 Å². The highest BCUT2D eigenvalue weighted by molar-refractivity contribution is 5.90. The van der Waals surface area contributed by atoms with Gasteiger partial charge >= 0.3 is 6.03 Å². The van der Waals surface area contributed by atoms with Crippen LogP contribution in [0.1, 0.15) is 24.3 Å². The molecule has 1 aromatic heterocycles. The van der Waals surface area contributed by atoms with E-state index in [0.717, 1.165) is 12.1 Å². The molecule has 0 spiro atoms. The molecule has 0 aliphatic carbocycles. The van der Waals surface area contributed by atoms with Gasteiger partial charge in [0.15, 0.2) is 0 Å². The van der Waals surface area contributed by atoms with Crippen molar-refractivity contribution in [3.05, 3.63) is 47.9 Å². The topological polar surface area (TPSA) is 67.4 Å². The molecule has 2 heterocycles. The van der Waals surface area contributed by atoms with Crippen molar-refractivity contribution < 1.29 is 18.3 Å². The number of halogens is 2. The number of methoxy groups -OCH3 is 1. The lowest BCUT2D eigenvalue weighted by atomic mass is 9.90. The molecule has 1 atom stereocenters. The van der Waals surface area contributed by atoms with E-state index in [9.17, 15) is 13.6 Å². The Morgan fingerprint density at radius 2 is 2.24 bits per heavy atom. The maximum atomic E-state index is 14.0. The summed E-state index contributed by atoms with van der Waals surface area (Å²) in [7, 11) is 1.45. The monoisotopic (exact) mass is 348 g/mol. The number of benzene rings is 1. The molecule has 3 rings (SSSR count). The van der Waals surface area contributed by atoms with Crippen molar-refractivity contribution in [1.29, 1.82) is 0 Å². The number of hydrogen-bond donors (Lipinski definition) is 1. The van der Waals surface area contributed by atoms with E-state index in [-0.39, 0.29) is 17.8 Å². The zero-order valence-corrected chi connectivity index (χ0v) is 13.7. The first-order chi connectivity index (χ1) is 12.1. The van der Waals surface area contributed by atoms with Gasteiger partial charge in [-0.05, 0) is 36.6 Å². The number of ether oxygens (including phenoxy) is 1. The highest BCUT2D eigenvalue weighted by atomic mass is 19.1. The van der Waals surface area contributed by atoms with Gasteiger partial charge in [0.05, 0.1) is 13.3 Å². The second-order valence-corrected chi connectivity index (χ2v) is 5.83. The van der Waals surface area contributed by atoms with Crippen molar-refractivity contribution >= 4 is 11.7 Å². The number of rotatable bonds is 3. The fourth-order valence-corrected chi connectivity index (χ4v) is 3.00. The molecule has 0 unspecified atom stereocenters. The third kappa shape index (κ3) is 3.84. The number of anilines is 1. The Morgan fingerprint density at radius 3 is 3.04 bits per heavy atom. The van der Waals surface area contributed by atoms with E-state index in [1.54, 1.807) is 4.90 Å². The van der Waals surface area contributed by atoms with Crippen molar-refractivity contribution in [2.75, 3.05) is 25.5 Å². The minimum Gasteiger partial charge on any atom is -0.479 e. The molecular weight excluding hydrogens is 330 g/mol. The third-order valence-corrected chi connectivity index (χ3v) is 4.22. The van der Waals surface area contributed by atoms with Crippen molar-refractivity contribution in [2.24, 2.45) is 0 Å². The molecule has 0 bridgehead atoms. The molecule has 1 N–H and O–H groups in total. The van der Waals surface area contributed by atoms with Gasteiger partial charge in [0.25, 0.3) is 0 Å². The predicted molar refractivity (Wildman–Crippen MR) is 87.5 cm³/mol. The maximum absolute atomic E-state index is 14.0. The number of carbonyl (C=O) groups is 1. The second-order valence-electron chi connectivity index (χ2n) is 5.83. The van der Waals surface area contributed by atoms with Crippen LogP contribution in [0.15, 0.2) is 30.7 Å². The van der Waals surface area contributed by atoms with E-state index >= 15 is 0 Å². The normalized spacial score (nSPS) is 17.2. The summed E-state index contributed by atoms with van der Waals surface area (Å²) >= 11 is 0. The average molecular weight is 348 g/mol. The van der Waals surface area contributed by atoms with E-state index < -0.39 is 11.6 Å². The van der Waals surface area contributed by atoms with Gasteiger partial charge < -0.3 is 15.0 Å². The summed E-state index contributed by atoms with van der Waals surface area (Å²) in [6, 6.07) is 3.06. The van der Waals surface area contributed by atoms with Gasteiger partial charge in [-0.25, -0.2) is 18.6 Å². The SMILES string of the molecule is COc1ncncc1NC(=O)N1CCC[C@H](c2cc(F)ccc2F)C1. The number of likely N-dealkylation sites (tertiary alicyclic amines) is 1. The highest BCUT2D eigenvalue weighted by Crippen LogP contribution is 2.30.